The zero-order chi connectivity index (χ0) is 14.1. The summed E-state index contributed by atoms with van der Waals surface area (Å²) in [6, 6.07) is 0.454. The van der Waals surface area contributed by atoms with Gasteiger partial charge in [-0.15, -0.1) is 0 Å². The van der Waals surface area contributed by atoms with Gasteiger partial charge >= 0.3 is 0 Å². The number of aliphatic hydroxyl groups excluding tert-OH is 1. The third-order valence-electron chi connectivity index (χ3n) is 3.97. The Bertz CT molecular complexity index is 215. The van der Waals surface area contributed by atoms with Gasteiger partial charge in [-0.25, -0.2) is 0 Å². The fourth-order valence-corrected chi connectivity index (χ4v) is 2.94. The molecule has 2 N–H and O–H groups in total. The molecule has 0 amide bonds. The van der Waals surface area contributed by atoms with E-state index in [-0.39, 0.29) is 0 Å². The van der Waals surface area contributed by atoms with Gasteiger partial charge in [0, 0.05) is 25.7 Å². The van der Waals surface area contributed by atoms with E-state index in [0.717, 1.165) is 31.8 Å². The number of rotatable bonds is 9. The number of nitrogens with one attached hydrogen (secondary N) is 1. The Hall–Kier alpha value is -0.160. The molecule has 0 aromatic carbocycles. The number of aliphatic hydroxyl groups is 1. The molecule has 4 heteroatoms. The Kier molecular flexibility index (Phi) is 8.62. The lowest BCUT2D eigenvalue weighted by molar-refractivity contribution is 0.142. The molecule has 0 spiro atoms. The van der Waals surface area contributed by atoms with Gasteiger partial charge in [-0.05, 0) is 65.3 Å². The Morgan fingerprint density at radius 2 is 2.00 bits per heavy atom. The highest BCUT2D eigenvalue weighted by molar-refractivity contribution is 4.78. The largest absolute Gasteiger partial charge is 0.396 e. The Morgan fingerprint density at radius 1 is 1.32 bits per heavy atom. The van der Waals surface area contributed by atoms with Crippen LogP contribution in [0.5, 0.6) is 0 Å². The summed E-state index contributed by atoms with van der Waals surface area (Å²) in [6.45, 7) is 8.29. The molecule has 4 nitrogen and oxygen atoms in total. The van der Waals surface area contributed by atoms with Crippen molar-refractivity contribution in [2.75, 3.05) is 53.4 Å². The fourth-order valence-electron chi connectivity index (χ4n) is 2.94. The van der Waals surface area contributed by atoms with E-state index in [2.05, 4.69) is 36.1 Å². The topological polar surface area (TPSA) is 38.7 Å². The van der Waals surface area contributed by atoms with E-state index < -0.39 is 0 Å². The van der Waals surface area contributed by atoms with E-state index >= 15 is 0 Å². The average Bonchev–Trinajstić information content (AvgIpc) is 2.38. The first kappa shape index (κ1) is 16.9. The Labute approximate surface area is 119 Å². The van der Waals surface area contributed by atoms with E-state index in [1.165, 1.54) is 32.5 Å². The molecule has 1 rings (SSSR count). The molecular formula is C15H33N3O. The first-order chi connectivity index (χ1) is 9.15. The van der Waals surface area contributed by atoms with E-state index in [0.29, 0.717) is 12.6 Å². The summed E-state index contributed by atoms with van der Waals surface area (Å²) in [5.41, 5.74) is 0. The maximum atomic E-state index is 9.14. The third kappa shape index (κ3) is 7.25. The molecular weight excluding hydrogens is 238 g/mol. The second-order valence-corrected chi connectivity index (χ2v) is 6.17. The van der Waals surface area contributed by atoms with Crippen LogP contribution in [0.3, 0.4) is 0 Å². The van der Waals surface area contributed by atoms with Crippen molar-refractivity contribution in [3.05, 3.63) is 0 Å². The van der Waals surface area contributed by atoms with Crippen molar-refractivity contribution in [2.45, 2.75) is 38.6 Å². The highest BCUT2D eigenvalue weighted by Gasteiger charge is 2.21. The van der Waals surface area contributed by atoms with Crippen molar-refractivity contribution >= 4 is 0 Å². The summed E-state index contributed by atoms with van der Waals surface area (Å²) in [4.78, 5) is 4.87. The molecule has 19 heavy (non-hydrogen) atoms. The smallest absolute Gasteiger partial charge is 0.0446 e. The lowest BCUT2D eigenvalue weighted by atomic mass is 9.96. The second-order valence-electron chi connectivity index (χ2n) is 6.17. The zero-order valence-electron chi connectivity index (χ0n) is 13.1. The first-order valence-corrected chi connectivity index (χ1v) is 7.87. The van der Waals surface area contributed by atoms with Crippen LogP contribution in [0.1, 0.15) is 32.6 Å². The molecule has 0 saturated carbocycles. The van der Waals surface area contributed by atoms with Gasteiger partial charge in [-0.3, -0.25) is 0 Å². The number of hydrogen-bond acceptors (Lipinski definition) is 4. The normalized spacial score (nSPS) is 20.1. The number of piperidine rings is 1. The van der Waals surface area contributed by atoms with Gasteiger partial charge in [0.1, 0.15) is 0 Å². The van der Waals surface area contributed by atoms with Gasteiger partial charge in [0.15, 0.2) is 0 Å². The van der Waals surface area contributed by atoms with Gasteiger partial charge < -0.3 is 20.2 Å². The summed E-state index contributed by atoms with van der Waals surface area (Å²) in [5, 5.41) is 12.7. The minimum Gasteiger partial charge on any atom is -0.396 e. The predicted octanol–water partition coefficient (Wildman–Crippen LogP) is 1.01. The van der Waals surface area contributed by atoms with Crippen molar-refractivity contribution in [2.24, 2.45) is 5.92 Å². The molecule has 1 atom stereocenters. The van der Waals surface area contributed by atoms with Crippen LogP contribution >= 0.6 is 0 Å². The van der Waals surface area contributed by atoms with Gasteiger partial charge in [0.2, 0.25) is 0 Å². The molecule has 1 aliphatic heterocycles. The Balaban J connectivity index is 2.25. The van der Waals surface area contributed by atoms with Gasteiger partial charge in [-0.1, -0.05) is 6.92 Å². The maximum absolute atomic E-state index is 9.14. The molecule has 114 valence electrons. The standard InChI is InChI=1S/C15H33N3O/c1-4-8-16-15(7-11-19)13-18-9-5-14(6-10-18)12-17(2)3/h14-16,19H,4-13H2,1-3H3. The van der Waals surface area contributed by atoms with E-state index in [4.69, 9.17) is 5.11 Å². The van der Waals surface area contributed by atoms with Crippen molar-refractivity contribution in [3.8, 4) is 0 Å². The van der Waals surface area contributed by atoms with Crippen LogP contribution in [-0.2, 0) is 0 Å². The maximum Gasteiger partial charge on any atom is 0.0446 e. The summed E-state index contributed by atoms with van der Waals surface area (Å²) < 4.78 is 0. The van der Waals surface area contributed by atoms with Gasteiger partial charge in [0.05, 0.1) is 0 Å². The van der Waals surface area contributed by atoms with Crippen LogP contribution in [0.4, 0.5) is 0 Å². The number of likely N-dealkylation sites (tertiary alicyclic amines) is 1. The molecule has 0 radical (unpaired) electrons. The SMILES string of the molecule is CCCNC(CCO)CN1CCC(CN(C)C)CC1. The van der Waals surface area contributed by atoms with Crippen LogP contribution in [0, 0.1) is 5.92 Å². The summed E-state index contributed by atoms with van der Waals surface area (Å²) >= 11 is 0. The highest BCUT2D eigenvalue weighted by atomic mass is 16.3. The minimum atomic E-state index is 0.290. The monoisotopic (exact) mass is 271 g/mol. The van der Waals surface area contributed by atoms with Crippen LogP contribution in [0.2, 0.25) is 0 Å². The summed E-state index contributed by atoms with van der Waals surface area (Å²) in [5.74, 6) is 0.867. The molecule has 0 bridgehead atoms. The van der Waals surface area contributed by atoms with E-state index in [1.807, 2.05) is 0 Å². The van der Waals surface area contributed by atoms with Crippen molar-refractivity contribution in [1.82, 2.24) is 15.1 Å². The minimum absolute atomic E-state index is 0.290. The molecule has 0 aliphatic carbocycles. The lowest BCUT2D eigenvalue weighted by Gasteiger charge is -2.35. The second kappa shape index (κ2) is 9.70. The molecule has 0 aromatic heterocycles. The molecule has 1 saturated heterocycles. The molecule has 1 unspecified atom stereocenters. The van der Waals surface area contributed by atoms with Crippen molar-refractivity contribution in [1.29, 1.82) is 0 Å². The summed E-state index contributed by atoms with van der Waals surface area (Å²) in [6.07, 6.45) is 4.67. The van der Waals surface area contributed by atoms with E-state index in [1.54, 1.807) is 0 Å². The molecule has 1 aliphatic rings. The average molecular weight is 271 g/mol. The van der Waals surface area contributed by atoms with Gasteiger partial charge in [0.25, 0.3) is 0 Å². The first-order valence-electron chi connectivity index (χ1n) is 7.87. The lowest BCUT2D eigenvalue weighted by Crippen LogP contribution is -2.45. The Morgan fingerprint density at radius 3 is 2.53 bits per heavy atom. The predicted molar refractivity (Wildman–Crippen MR) is 81.5 cm³/mol. The van der Waals surface area contributed by atoms with Crippen LogP contribution in [0.15, 0.2) is 0 Å². The quantitative estimate of drug-likeness (QED) is 0.656. The molecule has 0 aromatic rings. The summed E-state index contributed by atoms with van der Waals surface area (Å²) in [7, 11) is 4.33. The van der Waals surface area contributed by atoms with Crippen LogP contribution in [-0.4, -0.2) is 74.4 Å². The number of hydrogen-bond donors (Lipinski definition) is 2. The third-order valence-corrected chi connectivity index (χ3v) is 3.97. The van der Waals surface area contributed by atoms with Crippen molar-refractivity contribution in [3.63, 3.8) is 0 Å². The van der Waals surface area contributed by atoms with Crippen molar-refractivity contribution < 1.29 is 5.11 Å². The van der Waals surface area contributed by atoms with Gasteiger partial charge in [-0.2, -0.15) is 0 Å². The number of nitrogens with zero attached hydrogens (tertiary/aromatic N) is 2. The molecule has 1 fully saturated rings. The fraction of sp³-hybridized carbons (Fsp3) is 1.00. The van der Waals surface area contributed by atoms with Crippen LogP contribution in [0.25, 0.3) is 0 Å². The highest BCUT2D eigenvalue weighted by Crippen LogP contribution is 2.18. The molecule has 1 heterocycles. The van der Waals surface area contributed by atoms with E-state index in [9.17, 15) is 0 Å². The zero-order valence-corrected chi connectivity index (χ0v) is 13.1. The van der Waals surface area contributed by atoms with Crippen LogP contribution < -0.4 is 5.32 Å².